The van der Waals surface area contributed by atoms with E-state index in [2.05, 4.69) is 19.1 Å². The smallest absolute Gasteiger partial charge is 0.164 e. The van der Waals surface area contributed by atoms with Crippen LogP contribution >= 0.6 is 0 Å². The number of rotatable bonds is 5. The lowest BCUT2D eigenvalue weighted by atomic mass is 9.77. The molecule has 0 unspecified atom stereocenters. The minimum Gasteiger partial charge on any atom is -0.493 e. The SMILES string of the molecule is CCc1cc(OC)c(OC)c(C2(CN)CCCC2)c1. The summed E-state index contributed by atoms with van der Waals surface area (Å²) in [5, 5.41) is 0. The van der Waals surface area contributed by atoms with Gasteiger partial charge in [0.05, 0.1) is 14.2 Å². The van der Waals surface area contributed by atoms with Crippen LogP contribution in [0.4, 0.5) is 0 Å². The monoisotopic (exact) mass is 263 g/mol. The van der Waals surface area contributed by atoms with E-state index in [9.17, 15) is 0 Å². The van der Waals surface area contributed by atoms with Crippen LogP contribution in [0.2, 0.25) is 0 Å². The van der Waals surface area contributed by atoms with Crippen molar-refractivity contribution in [1.82, 2.24) is 0 Å². The Bertz CT molecular complexity index is 437. The maximum atomic E-state index is 6.11. The maximum Gasteiger partial charge on any atom is 0.164 e. The van der Waals surface area contributed by atoms with Gasteiger partial charge in [0.2, 0.25) is 0 Å². The number of hydrogen-bond acceptors (Lipinski definition) is 3. The topological polar surface area (TPSA) is 44.5 Å². The highest BCUT2D eigenvalue weighted by atomic mass is 16.5. The molecule has 1 saturated carbocycles. The van der Waals surface area contributed by atoms with Gasteiger partial charge in [-0.05, 0) is 30.9 Å². The Morgan fingerprint density at radius 3 is 2.32 bits per heavy atom. The third-order valence-corrected chi connectivity index (χ3v) is 4.47. The van der Waals surface area contributed by atoms with Crippen LogP contribution < -0.4 is 15.2 Å². The lowest BCUT2D eigenvalue weighted by Gasteiger charge is -2.30. The zero-order chi connectivity index (χ0) is 13.9. The molecular weight excluding hydrogens is 238 g/mol. The van der Waals surface area contributed by atoms with Crippen LogP contribution in [0.25, 0.3) is 0 Å². The van der Waals surface area contributed by atoms with E-state index in [4.69, 9.17) is 15.2 Å². The van der Waals surface area contributed by atoms with E-state index in [1.165, 1.54) is 24.0 Å². The second kappa shape index (κ2) is 5.83. The first-order valence-electron chi connectivity index (χ1n) is 7.16. The van der Waals surface area contributed by atoms with Gasteiger partial charge >= 0.3 is 0 Å². The van der Waals surface area contributed by atoms with Gasteiger partial charge in [-0.3, -0.25) is 0 Å². The van der Waals surface area contributed by atoms with Gasteiger partial charge in [-0.15, -0.1) is 0 Å². The summed E-state index contributed by atoms with van der Waals surface area (Å²) < 4.78 is 11.1. The summed E-state index contributed by atoms with van der Waals surface area (Å²) in [5.41, 5.74) is 8.71. The van der Waals surface area contributed by atoms with Gasteiger partial charge in [-0.1, -0.05) is 25.8 Å². The maximum absolute atomic E-state index is 6.11. The van der Waals surface area contributed by atoms with Crippen molar-refractivity contribution >= 4 is 0 Å². The lowest BCUT2D eigenvalue weighted by Crippen LogP contribution is -2.32. The van der Waals surface area contributed by atoms with Crippen molar-refractivity contribution in [3.63, 3.8) is 0 Å². The number of ether oxygens (including phenoxy) is 2. The van der Waals surface area contributed by atoms with E-state index in [1.54, 1.807) is 14.2 Å². The predicted octanol–water partition coefficient (Wildman–Crippen LogP) is 3.04. The molecule has 1 aliphatic rings. The molecule has 1 aromatic rings. The second-order valence-corrected chi connectivity index (χ2v) is 5.42. The van der Waals surface area contributed by atoms with E-state index in [1.807, 2.05) is 0 Å². The Balaban J connectivity index is 2.59. The van der Waals surface area contributed by atoms with Crippen LogP contribution in [0.5, 0.6) is 11.5 Å². The first kappa shape index (κ1) is 14.2. The quantitative estimate of drug-likeness (QED) is 0.888. The highest BCUT2D eigenvalue weighted by Crippen LogP contribution is 2.47. The fourth-order valence-electron chi connectivity index (χ4n) is 3.25. The molecule has 0 saturated heterocycles. The Hall–Kier alpha value is -1.22. The molecule has 0 heterocycles. The Morgan fingerprint density at radius 1 is 1.16 bits per heavy atom. The highest BCUT2D eigenvalue weighted by molar-refractivity contribution is 5.53. The third-order valence-electron chi connectivity index (χ3n) is 4.47. The summed E-state index contributed by atoms with van der Waals surface area (Å²) in [4.78, 5) is 0. The summed E-state index contributed by atoms with van der Waals surface area (Å²) in [6.45, 7) is 2.84. The first-order valence-corrected chi connectivity index (χ1v) is 7.16. The van der Waals surface area contributed by atoms with Gasteiger partial charge in [0.1, 0.15) is 0 Å². The average Bonchev–Trinajstić information content (AvgIpc) is 2.95. The molecule has 1 fully saturated rings. The van der Waals surface area contributed by atoms with Crippen molar-refractivity contribution in [2.24, 2.45) is 5.73 Å². The van der Waals surface area contributed by atoms with E-state index < -0.39 is 0 Å². The number of aryl methyl sites for hydroxylation is 1. The molecule has 0 spiro atoms. The molecule has 0 bridgehead atoms. The molecule has 1 aromatic carbocycles. The largest absolute Gasteiger partial charge is 0.493 e. The highest BCUT2D eigenvalue weighted by Gasteiger charge is 2.37. The molecule has 3 nitrogen and oxygen atoms in total. The molecule has 0 aromatic heterocycles. The molecule has 0 radical (unpaired) electrons. The van der Waals surface area contributed by atoms with Crippen molar-refractivity contribution in [1.29, 1.82) is 0 Å². The standard InChI is InChI=1S/C16H25NO2/c1-4-12-9-13(15(19-3)14(10-12)18-2)16(11-17)7-5-6-8-16/h9-10H,4-8,11,17H2,1-3H3. The lowest BCUT2D eigenvalue weighted by molar-refractivity contribution is 0.336. The normalized spacial score (nSPS) is 17.5. The van der Waals surface area contributed by atoms with Crippen molar-refractivity contribution < 1.29 is 9.47 Å². The second-order valence-electron chi connectivity index (χ2n) is 5.42. The Morgan fingerprint density at radius 2 is 1.84 bits per heavy atom. The molecule has 2 rings (SSSR count). The van der Waals surface area contributed by atoms with Crippen molar-refractivity contribution in [2.45, 2.75) is 44.4 Å². The Kier molecular flexibility index (Phi) is 4.35. The number of hydrogen-bond donors (Lipinski definition) is 1. The Labute approximate surface area is 116 Å². The third kappa shape index (κ3) is 2.44. The molecule has 1 aliphatic carbocycles. The van der Waals surface area contributed by atoms with Crippen LogP contribution in [0, 0.1) is 0 Å². The summed E-state index contributed by atoms with van der Waals surface area (Å²) >= 11 is 0. The van der Waals surface area contributed by atoms with Crippen LogP contribution in [0.1, 0.15) is 43.7 Å². The zero-order valence-electron chi connectivity index (χ0n) is 12.3. The molecule has 0 aliphatic heterocycles. The number of methoxy groups -OCH3 is 2. The summed E-state index contributed by atoms with van der Waals surface area (Å²) in [5.74, 6) is 1.70. The van der Waals surface area contributed by atoms with Gasteiger partial charge < -0.3 is 15.2 Å². The van der Waals surface area contributed by atoms with Crippen LogP contribution in [-0.4, -0.2) is 20.8 Å². The first-order chi connectivity index (χ1) is 9.20. The van der Waals surface area contributed by atoms with E-state index in [-0.39, 0.29) is 5.41 Å². The van der Waals surface area contributed by atoms with E-state index in [0.29, 0.717) is 6.54 Å². The summed E-state index contributed by atoms with van der Waals surface area (Å²) in [6.07, 6.45) is 5.79. The predicted molar refractivity (Wildman–Crippen MR) is 78.1 cm³/mol. The van der Waals surface area contributed by atoms with E-state index >= 15 is 0 Å². The molecule has 0 amide bonds. The molecule has 106 valence electrons. The van der Waals surface area contributed by atoms with Crippen molar-refractivity contribution in [3.8, 4) is 11.5 Å². The van der Waals surface area contributed by atoms with Crippen molar-refractivity contribution in [2.75, 3.05) is 20.8 Å². The summed E-state index contributed by atoms with van der Waals surface area (Å²) in [7, 11) is 3.41. The van der Waals surface area contributed by atoms with Crippen LogP contribution in [0.15, 0.2) is 12.1 Å². The van der Waals surface area contributed by atoms with Crippen LogP contribution in [0.3, 0.4) is 0 Å². The van der Waals surface area contributed by atoms with Gasteiger partial charge in [0.25, 0.3) is 0 Å². The van der Waals surface area contributed by atoms with Gasteiger partial charge in [0.15, 0.2) is 11.5 Å². The zero-order valence-corrected chi connectivity index (χ0v) is 12.3. The minimum absolute atomic E-state index is 0.0732. The van der Waals surface area contributed by atoms with Gasteiger partial charge in [0, 0.05) is 17.5 Å². The van der Waals surface area contributed by atoms with Crippen molar-refractivity contribution in [3.05, 3.63) is 23.3 Å². The minimum atomic E-state index is 0.0732. The fraction of sp³-hybridized carbons (Fsp3) is 0.625. The molecule has 2 N–H and O–H groups in total. The van der Waals surface area contributed by atoms with Gasteiger partial charge in [-0.25, -0.2) is 0 Å². The molecule has 0 atom stereocenters. The molecule has 19 heavy (non-hydrogen) atoms. The molecular formula is C16H25NO2. The average molecular weight is 263 g/mol. The summed E-state index contributed by atoms with van der Waals surface area (Å²) in [6, 6.07) is 4.33. The number of nitrogens with two attached hydrogens (primary N) is 1. The number of benzene rings is 1. The fourth-order valence-corrected chi connectivity index (χ4v) is 3.25. The van der Waals surface area contributed by atoms with Crippen LogP contribution in [-0.2, 0) is 11.8 Å². The molecule has 3 heteroatoms. The van der Waals surface area contributed by atoms with Gasteiger partial charge in [-0.2, -0.15) is 0 Å². The van der Waals surface area contributed by atoms with E-state index in [0.717, 1.165) is 30.8 Å².